The zero-order chi connectivity index (χ0) is 11.1. The van der Waals surface area contributed by atoms with Crippen LogP contribution in [-0.2, 0) is 0 Å². The van der Waals surface area contributed by atoms with Crippen molar-refractivity contribution in [2.75, 3.05) is 11.9 Å². The van der Waals surface area contributed by atoms with Gasteiger partial charge in [-0.3, -0.25) is 4.79 Å². The molecule has 0 aliphatic rings. The number of nitrogens with zero attached hydrogens (tertiary/aromatic N) is 1. The molecule has 4 heteroatoms. The molecule has 1 heterocycles. The van der Waals surface area contributed by atoms with Crippen molar-refractivity contribution in [2.45, 2.75) is 39.5 Å². The zero-order valence-electron chi connectivity index (χ0n) is 9.38. The van der Waals surface area contributed by atoms with E-state index in [2.05, 4.69) is 17.2 Å². The fraction of sp³-hybridized carbons (Fsp3) is 0.636. The fourth-order valence-corrected chi connectivity index (χ4v) is 1.27. The molecule has 4 nitrogen and oxygen atoms in total. The molecule has 0 aromatic carbocycles. The Kier molecular flexibility index (Phi) is 4.87. The minimum atomic E-state index is -0.0958. The summed E-state index contributed by atoms with van der Waals surface area (Å²) in [5.41, 5.74) is 0. The average molecular weight is 210 g/mol. The molecular formula is C11H18N2O2. The Morgan fingerprint density at radius 3 is 2.87 bits per heavy atom. The van der Waals surface area contributed by atoms with Crippen LogP contribution in [0, 0.1) is 0 Å². The molecule has 0 fully saturated rings. The van der Waals surface area contributed by atoms with Crippen molar-refractivity contribution < 1.29 is 9.21 Å². The first-order valence-electron chi connectivity index (χ1n) is 5.44. The summed E-state index contributed by atoms with van der Waals surface area (Å²) in [6, 6.07) is 0.441. The van der Waals surface area contributed by atoms with Crippen LogP contribution < -0.4 is 5.32 Å². The third-order valence-corrected chi connectivity index (χ3v) is 2.16. The van der Waals surface area contributed by atoms with Gasteiger partial charge >= 0.3 is 0 Å². The lowest BCUT2D eigenvalue weighted by atomic mass is 10.2. The Morgan fingerprint density at radius 2 is 2.27 bits per heavy atom. The standard InChI is InChI=1S/C11H18N2O2/c1-3-4-5-6-7-12-11-13-8-10(15-11)9(2)14/h8H,3-7H2,1-2H3,(H,12,13). The Morgan fingerprint density at radius 1 is 1.47 bits per heavy atom. The fourth-order valence-electron chi connectivity index (χ4n) is 1.27. The smallest absolute Gasteiger partial charge is 0.295 e. The molecule has 0 saturated heterocycles. The number of carbonyl (C=O) groups excluding carboxylic acids is 1. The van der Waals surface area contributed by atoms with Gasteiger partial charge in [0.05, 0.1) is 6.20 Å². The molecule has 1 aromatic heterocycles. The lowest BCUT2D eigenvalue weighted by Crippen LogP contribution is -2.01. The highest BCUT2D eigenvalue weighted by Crippen LogP contribution is 2.09. The normalized spacial score (nSPS) is 10.3. The summed E-state index contributed by atoms with van der Waals surface area (Å²) in [4.78, 5) is 14.9. The van der Waals surface area contributed by atoms with E-state index in [1.165, 1.54) is 32.4 Å². The van der Waals surface area contributed by atoms with Crippen LogP contribution in [0.5, 0.6) is 0 Å². The van der Waals surface area contributed by atoms with Crippen molar-refractivity contribution in [3.8, 4) is 0 Å². The summed E-state index contributed by atoms with van der Waals surface area (Å²) in [5, 5.41) is 3.05. The van der Waals surface area contributed by atoms with Gasteiger partial charge in [0.25, 0.3) is 6.01 Å². The summed E-state index contributed by atoms with van der Waals surface area (Å²) in [6.07, 6.45) is 6.26. The molecule has 0 aliphatic heterocycles. The number of aromatic nitrogens is 1. The first kappa shape index (κ1) is 11.8. The molecule has 0 bridgehead atoms. The predicted molar refractivity (Wildman–Crippen MR) is 59.1 cm³/mol. The molecule has 0 spiro atoms. The van der Waals surface area contributed by atoms with Crippen LogP contribution >= 0.6 is 0 Å². The third-order valence-electron chi connectivity index (χ3n) is 2.16. The van der Waals surface area contributed by atoms with Gasteiger partial charge in [-0.1, -0.05) is 26.2 Å². The van der Waals surface area contributed by atoms with E-state index in [4.69, 9.17) is 4.42 Å². The van der Waals surface area contributed by atoms with Gasteiger partial charge in [0.1, 0.15) is 0 Å². The Bertz CT molecular complexity index is 307. The van der Waals surface area contributed by atoms with Crippen molar-refractivity contribution in [1.29, 1.82) is 0 Å². The van der Waals surface area contributed by atoms with Crippen LogP contribution in [0.1, 0.15) is 50.1 Å². The topological polar surface area (TPSA) is 55.1 Å². The first-order chi connectivity index (χ1) is 7.24. The number of hydrogen-bond donors (Lipinski definition) is 1. The largest absolute Gasteiger partial charge is 0.420 e. The van der Waals surface area contributed by atoms with Crippen LogP contribution in [0.25, 0.3) is 0 Å². The van der Waals surface area contributed by atoms with Crippen molar-refractivity contribution in [2.24, 2.45) is 0 Å². The van der Waals surface area contributed by atoms with Gasteiger partial charge in [-0.05, 0) is 6.42 Å². The lowest BCUT2D eigenvalue weighted by molar-refractivity contribution is 0.0988. The van der Waals surface area contributed by atoms with E-state index in [-0.39, 0.29) is 5.78 Å². The second kappa shape index (κ2) is 6.22. The number of oxazole rings is 1. The molecule has 1 N–H and O–H groups in total. The Hall–Kier alpha value is -1.32. The molecule has 84 valence electrons. The van der Waals surface area contributed by atoms with Crippen molar-refractivity contribution >= 4 is 11.8 Å². The summed E-state index contributed by atoms with van der Waals surface area (Å²) >= 11 is 0. The lowest BCUT2D eigenvalue weighted by Gasteiger charge is -2.00. The molecule has 0 saturated carbocycles. The van der Waals surface area contributed by atoms with Gasteiger partial charge in [0, 0.05) is 13.5 Å². The summed E-state index contributed by atoms with van der Waals surface area (Å²) in [5.74, 6) is 0.215. The van der Waals surface area contributed by atoms with E-state index in [0.717, 1.165) is 13.0 Å². The maximum absolute atomic E-state index is 10.9. The number of rotatable bonds is 7. The molecule has 1 rings (SSSR count). The highest BCUT2D eigenvalue weighted by atomic mass is 16.4. The average Bonchev–Trinajstić information content (AvgIpc) is 2.66. The van der Waals surface area contributed by atoms with Gasteiger partial charge in [-0.2, -0.15) is 0 Å². The Balaban J connectivity index is 2.23. The second-order valence-electron chi connectivity index (χ2n) is 3.57. The minimum Gasteiger partial charge on any atom is -0.420 e. The molecule has 0 unspecified atom stereocenters. The van der Waals surface area contributed by atoms with Crippen LogP contribution in [0.3, 0.4) is 0 Å². The van der Waals surface area contributed by atoms with Gasteiger partial charge < -0.3 is 9.73 Å². The van der Waals surface area contributed by atoms with Crippen molar-refractivity contribution in [3.05, 3.63) is 12.0 Å². The van der Waals surface area contributed by atoms with Crippen LogP contribution in [0.2, 0.25) is 0 Å². The SMILES string of the molecule is CCCCCCNc1ncc(C(C)=O)o1. The summed E-state index contributed by atoms with van der Waals surface area (Å²) < 4.78 is 5.18. The Labute approximate surface area is 90.1 Å². The second-order valence-corrected chi connectivity index (χ2v) is 3.57. The maximum Gasteiger partial charge on any atom is 0.295 e. The quantitative estimate of drug-likeness (QED) is 0.555. The summed E-state index contributed by atoms with van der Waals surface area (Å²) in [6.45, 7) is 4.49. The van der Waals surface area contributed by atoms with E-state index in [9.17, 15) is 4.79 Å². The maximum atomic E-state index is 10.9. The zero-order valence-corrected chi connectivity index (χ0v) is 9.38. The molecule has 0 amide bonds. The van der Waals surface area contributed by atoms with Crippen LogP contribution in [0.4, 0.5) is 6.01 Å². The predicted octanol–water partition coefficient (Wildman–Crippen LogP) is 2.87. The van der Waals surface area contributed by atoms with Gasteiger partial charge in [-0.15, -0.1) is 0 Å². The van der Waals surface area contributed by atoms with E-state index in [1.807, 2.05) is 0 Å². The number of anilines is 1. The minimum absolute atomic E-state index is 0.0958. The molecule has 1 aromatic rings. The van der Waals surface area contributed by atoms with Gasteiger partial charge in [-0.25, -0.2) is 4.98 Å². The van der Waals surface area contributed by atoms with Crippen LogP contribution in [0.15, 0.2) is 10.6 Å². The molecule has 0 atom stereocenters. The third kappa shape index (κ3) is 4.14. The van der Waals surface area contributed by atoms with E-state index >= 15 is 0 Å². The number of nitrogens with one attached hydrogen (secondary N) is 1. The summed E-state index contributed by atoms with van der Waals surface area (Å²) in [7, 11) is 0. The highest BCUT2D eigenvalue weighted by Gasteiger charge is 2.06. The van der Waals surface area contributed by atoms with E-state index in [1.54, 1.807) is 0 Å². The van der Waals surface area contributed by atoms with Gasteiger partial charge in [0.15, 0.2) is 11.5 Å². The van der Waals surface area contributed by atoms with Crippen LogP contribution in [-0.4, -0.2) is 17.3 Å². The van der Waals surface area contributed by atoms with Crippen molar-refractivity contribution in [1.82, 2.24) is 4.98 Å². The highest BCUT2D eigenvalue weighted by molar-refractivity contribution is 5.91. The van der Waals surface area contributed by atoms with E-state index in [0.29, 0.717) is 11.8 Å². The van der Waals surface area contributed by atoms with Gasteiger partial charge in [0.2, 0.25) is 0 Å². The number of carbonyl (C=O) groups is 1. The number of ketones is 1. The molecular weight excluding hydrogens is 192 g/mol. The van der Waals surface area contributed by atoms with Crippen molar-refractivity contribution in [3.63, 3.8) is 0 Å². The number of unbranched alkanes of at least 4 members (excludes halogenated alkanes) is 3. The molecule has 0 aliphatic carbocycles. The first-order valence-corrected chi connectivity index (χ1v) is 5.44. The number of hydrogen-bond acceptors (Lipinski definition) is 4. The molecule has 15 heavy (non-hydrogen) atoms. The number of Topliss-reactive ketones (excluding diaryl/α,β-unsaturated/α-hetero) is 1. The molecule has 0 radical (unpaired) electrons. The monoisotopic (exact) mass is 210 g/mol. The van der Waals surface area contributed by atoms with E-state index < -0.39 is 0 Å².